The molecule has 0 saturated heterocycles. The lowest BCUT2D eigenvalue weighted by Gasteiger charge is -2.20. The van der Waals surface area contributed by atoms with Gasteiger partial charge in [-0.2, -0.15) is 0 Å². The molecule has 0 aromatic heterocycles. The van der Waals surface area contributed by atoms with Crippen LogP contribution in [0.5, 0.6) is 0 Å². The Morgan fingerprint density at radius 2 is 1.79 bits per heavy atom. The summed E-state index contributed by atoms with van der Waals surface area (Å²) in [4.78, 5) is 0. The number of aliphatic hydroxyl groups excluding tert-OH is 1. The Kier molecular flexibility index (Phi) is 4.17. The summed E-state index contributed by atoms with van der Waals surface area (Å²) in [7, 11) is 0. The van der Waals surface area contributed by atoms with E-state index >= 15 is 0 Å². The Morgan fingerprint density at radius 3 is 2.42 bits per heavy atom. The number of halogens is 1. The van der Waals surface area contributed by atoms with Crippen LogP contribution in [0.3, 0.4) is 0 Å². The van der Waals surface area contributed by atoms with Gasteiger partial charge in [-0.1, -0.05) is 23.8 Å². The van der Waals surface area contributed by atoms with E-state index in [-0.39, 0.29) is 18.5 Å². The molecule has 0 heterocycles. The highest BCUT2D eigenvalue weighted by Crippen LogP contribution is 2.23. The quantitative estimate of drug-likeness (QED) is 0.879. The van der Waals surface area contributed by atoms with Gasteiger partial charge in [0.15, 0.2) is 0 Å². The summed E-state index contributed by atoms with van der Waals surface area (Å²) >= 11 is 0. The molecule has 100 valence electrons. The molecule has 2 aromatic rings. The summed E-state index contributed by atoms with van der Waals surface area (Å²) in [6.45, 7) is 4.03. The van der Waals surface area contributed by atoms with Crippen molar-refractivity contribution in [3.8, 4) is 0 Å². The van der Waals surface area contributed by atoms with Gasteiger partial charge in [-0.25, -0.2) is 4.39 Å². The van der Waals surface area contributed by atoms with Gasteiger partial charge in [0.05, 0.1) is 12.6 Å². The minimum absolute atomic E-state index is 0.0122. The van der Waals surface area contributed by atoms with E-state index in [0.29, 0.717) is 0 Å². The maximum atomic E-state index is 12.9. The average molecular weight is 259 g/mol. The van der Waals surface area contributed by atoms with Gasteiger partial charge in [0.25, 0.3) is 0 Å². The lowest BCUT2D eigenvalue weighted by Crippen LogP contribution is -2.16. The summed E-state index contributed by atoms with van der Waals surface area (Å²) < 4.78 is 12.9. The molecule has 2 nitrogen and oxygen atoms in total. The van der Waals surface area contributed by atoms with Gasteiger partial charge < -0.3 is 10.4 Å². The van der Waals surface area contributed by atoms with Crippen LogP contribution in [0.4, 0.5) is 10.1 Å². The molecule has 1 atom stereocenters. The van der Waals surface area contributed by atoms with Gasteiger partial charge in [0.2, 0.25) is 0 Å². The molecular formula is C16H18FNO. The van der Waals surface area contributed by atoms with Crippen LogP contribution in [0.1, 0.15) is 22.7 Å². The van der Waals surface area contributed by atoms with Crippen LogP contribution in [0.2, 0.25) is 0 Å². The Morgan fingerprint density at radius 1 is 1.11 bits per heavy atom. The molecule has 1 unspecified atom stereocenters. The van der Waals surface area contributed by atoms with Gasteiger partial charge in [0.1, 0.15) is 5.82 Å². The SMILES string of the molecule is Cc1ccc(C)c(C(CO)Nc2ccc(F)cc2)c1. The minimum atomic E-state index is -0.266. The van der Waals surface area contributed by atoms with E-state index in [1.165, 1.54) is 12.1 Å². The zero-order chi connectivity index (χ0) is 13.8. The first-order valence-electron chi connectivity index (χ1n) is 6.30. The van der Waals surface area contributed by atoms with Crippen molar-refractivity contribution >= 4 is 5.69 Å². The Bertz CT molecular complexity index is 551. The van der Waals surface area contributed by atoms with Crippen LogP contribution in [0, 0.1) is 19.7 Å². The zero-order valence-electron chi connectivity index (χ0n) is 11.2. The van der Waals surface area contributed by atoms with Gasteiger partial charge in [0, 0.05) is 5.69 Å². The number of aliphatic hydroxyl groups is 1. The summed E-state index contributed by atoms with van der Waals surface area (Å²) in [5, 5.41) is 12.8. The molecule has 0 saturated carbocycles. The maximum absolute atomic E-state index is 12.9. The normalized spacial score (nSPS) is 12.2. The molecule has 2 N–H and O–H groups in total. The average Bonchev–Trinajstić information content (AvgIpc) is 2.41. The fourth-order valence-corrected chi connectivity index (χ4v) is 2.10. The molecule has 2 aromatic carbocycles. The van der Waals surface area contributed by atoms with Crippen LogP contribution in [0.15, 0.2) is 42.5 Å². The van der Waals surface area contributed by atoms with E-state index in [1.54, 1.807) is 12.1 Å². The molecule has 19 heavy (non-hydrogen) atoms. The van der Waals surface area contributed by atoms with Crippen molar-refractivity contribution in [1.82, 2.24) is 0 Å². The highest BCUT2D eigenvalue weighted by molar-refractivity contribution is 5.47. The summed E-state index contributed by atoms with van der Waals surface area (Å²) in [6, 6.07) is 12.1. The number of anilines is 1. The lowest BCUT2D eigenvalue weighted by molar-refractivity contribution is 0.276. The second kappa shape index (κ2) is 5.85. The van der Waals surface area contributed by atoms with E-state index in [4.69, 9.17) is 0 Å². The number of benzene rings is 2. The molecule has 2 rings (SSSR count). The number of hydrogen-bond donors (Lipinski definition) is 2. The fourth-order valence-electron chi connectivity index (χ4n) is 2.10. The monoisotopic (exact) mass is 259 g/mol. The van der Waals surface area contributed by atoms with Crippen LogP contribution >= 0.6 is 0 Å². The Balaban J connectivity index is 2.24. The fraction of sp³-hybridized carbons (Fsp3) is 0.250. The molecule has 0 amide bonds. The van der Waals surface area contributed by atoms with E-state index in [2.05, 4.69) is 11.4 Å². The minimum Gasteiger partial charge on any atom is -0.394 e. The van der Waals surface area contributed by atoms with E-state index in [9.17, 15) is 9.50 Å². The lowest BCUT2D eigenvalue weighted by atomic mass is 9.99. The first-order chi connectivity index (χ1) is 9.10. The zero-order valence-corrected chi connectivity index (χ0v) is 11.2. The van der Waals surface area contributed by atoms with Crippen molar-refractivity contribution < 1.29 is 9.50 Å². The molecular weight excluding hydrogens is 241 g/mol. The Hall–Kier alpha value is -1.87. The molecule has 0 aliphatic rings. The molecule has 0 bridgehead atoms. The standard InChI is InChI=1S/C16H18FNO/c1-11-3-4-12(2)15(9-11)16(10-19)18-14-7-5-13(17)6-8-14/h3-9,16,18-19H,10H2,1-2H3. The smallest absolute Gasteiger partial charge is 0.123 e. The summed E-state index contributed by atoms with van der Waals surface area (Å²) in [5.74, 6) is -0.266. The summed E-state index contributed by atoms with van der Waals surface area (Å²) in [6.07, 6.45) is 0. The summed E-state index contributed by atoms with van der Waals surface area (Å²) in [5.41, 5.74) is 4.13. The third kappa shape index (κ3) is 3.32. The van der Waals surface area contributed by atoms with Crippen molar-refractivity contribution in [2.45, 2.75) is 19.9 Å². The van der Waals surface area contributed by atoms with Crippen molar-refractivity contribution in [2.75, 3.05) is 11.9 Å². The Labute approximate surface area is 112 Å². The highest BCUT2D eigenvalue weighted by Gasteiger charge is 2.13. The molecule has 0 aliphatic heterocycles. The second-order valence-electron chi connectivity index (χ2n) is 4.75. The number of hydrogen-bond acceptors (Lipinski definition) is 2. The van der Waals surface area contributed by atoms with E-state index < -0.39 is 0 Å². The van der Waals surface area contributed by atoms with Crippen LogP contribution in [-0.2, 0) is 0 Å². The van der Waals surface area contributed by atoms with Crippen LogP contribution in [-0.4, -0.2) is 11.7 Å². The van der Waals surface area contributed by atoms with Crippen molar-refractivity contribution in [3.63, 3.8) is 0 Å². The van der Waals surface area contributed by atoms with Gasteiger partial charge in [-0.3, -0.25) is 0 Å². The molecule has 0 spiro atoms. The third-order valence-corrected chi connectivity index (χ3v) is 3.18. The predicted molar refractivity (Wildman–Crippen MR) is 75.8 cm³/mol. The first kappa shape index (κ1) is 13.6. The topological polar surface area (TPSA) is 32.3 Å². The van der Waals surface area contributed by atoms with Crippen LogP contribution < -0.4 is 5.32 Å². The van der Waals surface area contributed by atoms with Gasteiger partial charge in [-0.05, 0) is 49.2 Å². The van der Waals surface area contributed by atoms with Crippen LogP contribution in [0.25, 0.3) is 0 Å². The highest BCUT2D eigenvalue weighted by atomic mass is 19.1. The molecule has 0 aliphatic carbocycles. The maximum Gasteiger partial charge on any atom is 0.123 e. The predicted octanol–water partition coefficient (Wildman–Crippen LogP) is 3.59. The number of nitrogens with one attached hydrogen (secondary N) is 1. The molecule has 0 radical (unpaired) electrons. The molecule has 3 heteroatoms. The van der Waals surface area contributed by atoms with Gasteiger partial charge in [-0.15, -0.1) is 0 Å². The molecule has 0 fully saturated rings. The van der Waals surface area contributed by atoms with Crippen molar-refractivity contribution in [1.29, 1.82) is 0 Å². The second-order valence-corrected chi connectivity index (χ2v) is 4.75. The van der Waals surface area contributed by atoms with E-state index in [0.717, 1.165) is 22.4 Å². The first-order valence-corrected chi connectivity index (χ1v) is 6.30. The van der Waals surface area contributed by atoms with E-state index in [1.807, 2.05) is 26.0 Å². The number of rotatable bonds is 4. The third-order valence-electron chi connectivity index (χ3n) is 3.18. The van der Waals surface area contributed by atoms with Crippen molar-refractivity contribution in [2.24, 2.45) is 0 Å². The number of aryl methyl sites for hydroxylation is 2. The van der Waals surface area contributed by atoms with Gasteiger partial charge >= 0.3 is 0 Å². The van der Waals surface area contributed by atoms with Crippen molar-refractivity contribution in [3.05, 3.63) is 65.0 Å². The largest absolute Gasteiger partial charge is 0.394 e.